The normalized spacial score (nSPS) is 13.0. The van der Waals surface area contributed by atoms with E-state index in [0.29, 0.717) is 22.2 Å². The molecule has 0 atom stereocenters. The maximum atomic E-state index is 12.8. The number of carbonyl (C=O) groups excluding carboxylic acids is 1. The van der Waals surface area contributed by atoms with Gasteiger partial charge in [-0.15, -0.1) is 0 Å². The first-order chi connectivity index (χ1) is 21.4. The third kappa shape index (κ3) is 9.30. The number of hydrogen-bond acceptors (Lipinski definition) is 6. The molecule has 1 aliphatic rings. The van der Waals surface area contributed by atoms with Gasteiger partial charge < -0.3 is 26.0 Å². The lowest BCUT2D eigenvalue weighted by atomic mass is 10.1. The van der Waals surface area contributed by atoms with Crippen molar-refractivity contribution in [1.82, 2.24) is 15.1 Å². The molecule has 5 rings (SSSR count). The average Bonchev–Trinajstić information content (AvgIpc) is 3.01. The smallest absolute Gasteiger partial charge is 0.475 e. The molecule has 14 heteroatoms. The zero-order valence-electron chi connectivity index (χ0n) is 24.1. The summed E-state index contributed by atoms with van der Waals surface area (Å²) in [6, 6.07) is 24.6. The molecule has 0 saturated carbocycles. The van der Waals surface area contributed by atoms with E-state index in [1.165, 1.54) is 4.68 Å². The van der Waals surface area contributed by atoms with Crippen molar-refractivity contribution >= 4 is 40.7 Å². The van der Waals surface area contributed by atoms with E-state index in [1.807, 2.05) is 79.7 Å². The quantitative estimate of drug-likeness (QED) is 0.215. The largest absolute Gasteiger partial charge is 0.490 e. The standard InChI is InChI=1S/C29H29ClN6O2.C2HF3O2/c1-20-7-8-21(19-36-27(37)18-26(28(30)34-36)35-15-13-31-14-16-35)17-25(20)33-29(38)32-24-11-9-23(10-12-24)22-5-3-2-4-6-22;3-2(4,5)1(6)7/h2-12,17-18,31H,13-16,19H2,1H3,(H2,32,33,38);(H,6,7). The summed E-state index contributed by atoms with van der Waals surface area (Å²) in [6.45, 7) is 5.37. The van der Waals surface area contributed by atoms with Gasteiger partial charge in [0.1, 0.15) is 0 Å². The Morgan fingerprint density at radius 1 is 0.956 bits per heavy atom. The lowest BCUT2D eigenvalue weighted by Crippen LogP contribution is -2.44. The molecule has 3 aromatic carbocycles. The summed E-state index contributed by atoms with van der Waals surface area (Å²) in [4.78, 5) is 36.5. The Bertz CT molecular complexity index is 1690. The van der Waals surface area contributed by atoms with Crippen LogP contribution in [0.25, 0.3) is 11.1 Å². The van der Waals surface area contributed by atoms with Crippen LogP contribution in [0.4, 0.5) is 35.0 Å². The predicted molar refractivity (Wildman–Crippen MR) is 167 cm³/mol. The topological polar surface area (TPSA) is 129 Å². The highest BCUT2D eigenvalue weighted by Gasteiger charge is 2.38. The number of nitrogens with zero attached hydrogens (tertiary/aromatic N) is 3. The van der Waals surface area contributed by atoms with Gasteiger partial charge in [-0.25, -0.2) is 14.3 Å². The van der Waals surface area contributed by atoms with Crippen molar-refractivity contribution in [2.45, 2.75) is 19.6 Å². The lowest BCUT2D eigenvalue weighted by Gasteiger charge is -2.29. The van der Waals surface area contributed by atoms with Crippen molar-refractivity contribution in [1.29, 1.82) is 0 Å². The van der Waals surface area contributed by atoms with Crippen LogP contribution in [0.2, 0.25) is 5.15 Å². The highest BCUT2D eigenvalue weighted by molar-refractivity contribution is 6.31. The van der Waals surface area contributed by atoms with Crippen LogP contribution in [0.3, 0.4) is 0 Å². The molecular weight excluding hydrogens is 613 g/mol. The molecule has 0 aliphatic carbocycles. The summed E-state index contributed by atoms with van der Waals surface area (Å²) in [6.07, 6.45) is -5.08. The number of halogens is 4. The summed E-state index contributed by atoms with van der Waals surface area (Å²) >= 11 is 6.45. The van der Waals surface area contributed by atoms with E-state index in [0.717, 1.165) is 48.4 Å². The van der Waals surface area contributed by atoms with Crippen LogP contribution >= 0.6 is 11.6 Å². The third-order valence-corrected chi connectivity index (χ3v) is 7.04. The molecule has 1 aromatic heterocycles. The van der Waals surface area contributed by atoms with Crippen LogP contribution in [0.15, 0.2) is 83.7 Å². The van der Waals surface area contributed by atoms with Gasteiger partial charge in [0.05, 0.1) is 12.2 Å². The first-order valence-electron chi connectivity index (χ1n) is 13.8. The number of hydrogen-bond donors (Lipinski definition) is 4. The minimum Gasteiger partial charge on any atom is -0.475 e. The van der Waals surface area contributed by atoms with Crippen LogP contribution < -0.4 is 26.4 Å². The number of carbonyl (C=O) groups is 2. The first kappa shape index (κ1) is 33.0. The van der Waals surface area contributed by atoms with Crippen molar-refractivity contribution in [3.05, 3.63) is 105 Å². The van der Waals surface area contributed by atoms with Gasteiger partial charge in [-0.1, -0.05) is 66.2 Å². The molecule has 4 N–H and O–H groups in total. The summed E-state index contributed by atoms with van der Waals surface area (Å²) in [5, 5.41) is 20.8. The number of carboxylic acid groups (broad SMARTS) is 1. The van der Waals surface area contributed by atoms with Gasteiger partial charge in [0.15, 0.2) is 5.15 Å². The molecule has 0 unspecified atom stereocenters. The molecule has 0 radical (unpaired) electrons. The van der Waals surface area contributed by atoms with Gasteiger partial charge in [-0.05, 0) is 47.4 Å². The number of anilines is 3. The number of aryl methyl sites for hydroxylation is 1. The third-order valence-electron chi connectivity index (χ3n) is 6.77. The van der Waals surface area contributed by atoms with Gasteiger partial charge >= 0.3 is 18.2 Å². The molecule has 2 heterocycles. The second-order valence-electron chi connectivity index (χ2n) is 10.0. The number of rotatable bonds is 6. The molecular formula is C31H30ClF3N6O4. The molecule has 2 amide bonds. The van der Waals surface area contributed by atoms with E-state index in [4.69, 9.17) is 21.5 Å². The van der Waals surface area contributed by atoms with E-state index >= 15 is 0 Å². The molecule has 10 nitrogen and oxygen atoms in total. The van der Waals surface area contributed by atoms with E-state index in [1.54, 1.807) is 6.07 Å². The molecule has 1 saturated heterocycles. The minimum absolute atomic E-state index is 0.227. The van der Waals surface area contributed by atoms with Gasteiger partial charge in [0.25, 0.3) is 5.56 Å². The Kier molecular flexibility index (Phi) is 10.8. The number of piperazine rings is 1. The van der Waals surface area contributed by atoms with Crippen LogP contribution in [-0.4, -0.2) is 59.2 Å². The molecule has 0 bridgehead atoms. The van der Waals surface area contributed by atoms with Crippen molar-refractivity contribution in [3.63, 3.8) is 0 Å². The van der Waals surface area contributed by atoms with Crippen LogP contribution in [-0.2, 0) is 11.3 Å². The van der Waals surface area contributed by atoms with Crippen molar-refractivity contribution < 1.29 is 27.9 Å². The number of amides is 2. The molecule has 45 heavy (non-hydrogen) atoms. The fourth-order valence-electron chi connectivity index (χ4n) is 4.43. The van der Waals surface area contributed by atoms with Crippen LogP contribution in [0.1, 0.15) is 11.1 Å². The van der Waals surface area contributed by atoms with Crippen LogP contribution in [0, 0.1) is 6.92 Å². The minimum atomic E-state index is -5.08. The number of urea groups is 1. The number of aliphatic carboxylic acids is 1. The SMILES string of the molecule is Cc1ccc(Cn2nc(Cl)c(N3CCNCC3)cc2=O)cc1NC(=O)Nc1ccc(-c2ccccc2)cc1.O=C(O)C(F)(F)F. The second-order valence-corrected chi connectivity index (χ2v) is 10.4. The molecule has 1 fully saturated rings. The number of benzene rings is 3. The fourth-order valence-corrected chi connectivity index (χ4v) is 4.70. The van der Waals surface area contributed by atoms with E-state index in [2.05, 4.69) is 25.9 Å². The van der Waals surface area contributed by atoms with Crippen LogP contribution in [0.5, 0.6) is 0 Å². The highest BCUT2D eigenvalue weighted by atomic mass is 35.5. The Morgan fingerprint density at radius 2 is 1.58 bits per heavy atom. The van der Waals surface area contributed by atoms with Gasteiger partial charge in [0.2, 0.25) is 0 Å². The van der Waals surface area contributed by atoms with E-state index < -0.39 is 12.1 Å². The van der Waals surface area contributed by atoms with Gasteiger partial charge in [0, 0.05) is 43.6 Å². The van der Waals surface area contributed by atoms with Crippen molar-refractivity contribution in [3.8, 4) is 11.1 Å². The maximum Gasteiger partial charge on any atom is 0.490 e. The molecule has 236 valence electrons. The summed E-state index contributed by atoms with van der Waals surface area (Å²) in [7, 11) is 0. The van der Waals surface area contributed by atoms with Crippen molar-refractivity contribution in [2.75, 3.05) is 41.7 Å². The number of nitrogens with one attached hydrogen (secondary N) is 3. The van der Waals surface area contributed by atoms with Gasteiger partial charge in [-0.3, -0.25) is 4.79 Å². The Morgan fingerprint density at radius 3 is 2.20 bits per heavy atom. The molecule has 1 aliphatic heterocycles. The zero-order chi connectivity index (χ0) is 32.6. The zero-order valence-corrected chi connectivity index (χ0v) is 24.8. The average molecular weight is 643 g/mol. The summed E-state index contributed by atoms with van der Waals surface area (Å²) < 4.78 is 33.1. The Labute approximate surface area is 261 Å². The van der Waals surface area contributed by atoms with Crippen molar-refractivity contribution in [2.24, 2.45) is 0 Å². The molecule has 0 spiro atoms. The second kappa shape index (κ2) is 14.7. The molecule has 4 aromatic rings. The first-order valence-corrected chi connectivity index (χ1v) is 14.1. The fraction of sp³-hybridized carbons (Fsp3) is 0.226. The number of aromatic nitrogens is 2. The lowest BCUT2D eigenvalue weighted by molar-refractivity contribution is -0.192. The number of alkyl halides is 3. The van der Waals surface area contributed by atoms with E-state index in [9.17, 15) is 22.8 Å². The monoisotopic (exact) mass is 642 g/mol. The summed E-state index contributed by atoms with van der Waals surface area (Å²) in [5.41, 5.74) is 5.68. The predicted octanol–water partition coefficient (Wildman–Crippen LogP) is 5.61. The van der Waals surface area contributed by atoms with Gasteiger partial charge in [-0.2, -0.15) is 18.3 Å². The number of carboxylic acids is 1. The summed E-state index contributed by atoms with van der Waals surface area (Å²) in [5.74, 6) is -2.76. The van der Waals surface area contributed by atoms with E-state index in [-0.39, 0.29) is 18.1 Å². The highest BCUT2D eigenvalue weighted by Crippen LogP contribution is 2.24. The maximum absolute atomic E-state index is 12.8. The Balaban J connectivity index is 0.000000591. The Hall–Kier alpha value is -4.88.